The van der Waals surface area contributed by atoms with Crippen molar-refractivity contribution in [2.24, 2.45) is 0 Å². The molecule has 1 fully saturated rings. The van der Waals surface area contributed by atoms with Gasteiger partial charge in [-0.15, -0.1) is 0 Å². The molecule has 1 aromatic rings. The van der Waals surface area contributed by atoms with Gasteiger partial charge in [0.1, 0.15) is 6.04 Å². The number of hydrogen-bond donors (Lipinski definition) is 0. The lowest BCUT2D eigenvalue weighted by Gasteiger charge is -2.17. The van der Waals surface area contributed by atoms with E-state index in [2.05, 4.69) is 11.1 Å². The van der Waals surface area contributed by atoms with Crippen LogP contribution in [0.25, 0.3) is 0 Å². The minimum Gasteiger partial charge on any atom is -0.438 e. The van der Waals surface area contributed by atoms with Crippen LogP contribution in [0.1, 0.15) is 29.1 Å². The molecular formula is C10H11N3O2. The van der Waals surface area contributed by atoms with Gasteiger partial charge in [0, 0.05) is 6.54 Å². The van der Waals surface area contributed by atoms with Crippen LogP contribution in [-0.2, 0) is 0 Å². The Balaban J connectivity index is 2.22. The van der Waals surface area contributed by atoms with Crippen LogP contribution in [0, 0.1) is 18.3 Å². The van der Waals surface area contributed by atoms with E-state index in [0.29, 0.717) is 12.2 Å². The molecule has 1 saturated heterocycles. The maximum Gasteiger partial charge on any atom is 0.292 e. The molecule has 5 nitrogen and oxygen atoms in total. The van der Waals surface area contributed by atoms with Gasteiger partial charge in [-0.25, -0.2) is 4.98 Å². The van der Waals surface area contributed by atoms with Crippen LogP contribution in [0.4, 0.5) is 0 Å². The minimum absolute atomic E-state index is 0.228. The quantitative estimate of drug-likeness (QED) is 0.688. The number of nitrogens with zero attached hydrogens (tertiary/aromatic N) is 3. The third kappa shape index (κ3) is 1.59. The number of oxazole rings is 1. The van der Waals surface area contributed by atoms with Gasteiger partial charge in [-0.05, 0) is 19.8 Å². The molecule has 78 valence electrons. The highest BCUT2D eigenvalue weighted by Gasteiger charge is 2.31. The summed E-state index contributed by atoms with van der Waals surface area (Å²) in [6.45, 7) is 2.34. The van der Waals surface area contributed by atoms with Gasteiger partial charge < -0.3 is 9.32 Å². The average molecular weight is 205 g/mol. The lowest BCUT2D eigenvalue weighted by molar-refractivity contribution is 0.0732. The first-order chi connectivity index (χ1) is 7.24. The van der Waals surface area contributed by atoms with Gasteiger partial charge in [0.15, 0.2) is 6.39 Å². The predicted octanol–water partition coefficient (Wildman–Crippen LogP) is 1.11. The average Bonchev–Trinajstić information content (AvgIpc) is 2.84. The summed E-state index contributed by atoms with van der Waals surface area (Å²) >= 11 is 0. The van der Waals surface area contributed by atoms with Gasteiger partial charge in [-0.1, -0.05) is 0 Å². The van der Waals surface area contributed by atoms with E-state index >= 15 is 0 Å². The number of hydrogen-bond acceptors (Lipinski definition) is 4. The molecule has 5 heteroatoms. The molecule has 1 aromatic heterocycles. The molecule has 1 aliphatic rings. The van der Waals surface area contributed by atoms with E-state index in [1.165, 1.54) is 6.39 Å². The molecule has 0 N–H and O–H groups in total. The van der Waals surface area contributed by atoms with Gasteiger partial charge in [0.25, 0.3) is 5.91 Å². The Kier molecular flexibility index (Phi) is 2.42. The monoisotopic (exact) mass is 205 g/mol. The number of likely N-dealkylation sites (tertiary alicyclic amines) is 1. The lowest BCUT2D eigenvalue weighted by Crippen LogP contribution is -2.34. The van der Waals surface area contributed by atoms with Crippen molar-refractivity contribution < 1.29 is 9.21 Å². The van der Waals surface area contributed by atoms with Crippen molar-refractivity contribution in [3.63, 3.8) is 0 Å². The first-order valence-corrected chi connectivity index (χ1v) is 4.84. The zero-order valence-electron chi connectivity index (χ0n) is 8.43. The van der Waals surface area contributed by atoms with E-state index in [4.69, 9.17) is 9.68 Å². The maximum absolute atomic E-state index is 11.9. The Hall–Kier alpha value is -1.83. The van der Waals surface area contributed by atoms with Gasteiger partial charge >= 0.3 is 0 Å². The van der Waals surface area contributed by atoms with E-state index in [1.807, 2.05) is 0 Å². The molecule has 1 aliphatic heterocycles. The van der Waals surface area contributed by atoms with E-state index in [-0.39, 0.29) is 17.7 Å². The smallest absolute Gasteiger partial charge is 0.292 e. The summed E-state index contributed by atoms with van der Waals surface area (Å²) in [6, 6.07) is 1.80. The zero-order chi connectivity index (χ0) is 10.8. The number of rotatable bonds is 1. The number of aryl methyl sites for hydroxylation is 1. The fraction of sp³-hybridized carbons (Fsp3) is 0.500. The van der Waals surface area contributed by atoms with Crippen LogP contribution < -0.4 is 0 Å². The molecule has 0 spiro atoms. The Morgan fingerprint density at radius 2 is 2.60 bits per heavy atom. The Morgan fingerprint density at radius 1 is 1.80 bits per heavy atom. The van der Waals surface area contributed by atoms with Crippen LogP contribution in [0.3, 0.4) is 0 Å². The second-order valence-electron chi connectivity index (χ2n) is 3.55. The second-order valence-corrected chi connectivity index (χ2v) is 3.55. The fourth-order valence-electron chi connectivity index (χ4n) is 1.78. The summed E-state index contributed by atoms with van der Waals surface area (Å²) in [7, 11) is 0. The summed E-state index contributed by atoms with van der Waals surface area (Å²) in [5, 5.41) is 8.86. The number of carbonyl (C=O) groups excluding carboxylic acids is 1. The molecule has 0 aromatic carbocycles. The Bertz CT molecular complexity index is 419. The predicted molar refractivity (Wildman–Crippen MR) is 50.9 cm³/mol. The molecule has 1 amide bonds. The fourth-order valence-corrected chi connectivity index (χ4v) is 1.78. The van der Waals surface area contributed by atoms with Crippen molar-refractivity contribution in [2.75, 3.05) is 6.54 Å². The topological polar surface area (TPSA) is 70.1 Å². The number of amides is 1. The standard InChI is InChI=1S/C10H11N3O2/c1-7-9(15-6-12-7)10(14)13-4-2-3-8(13)5-11/h6,8H,2-4H2,1H3. The van der Waals surface area contributed by atoms with E-state index in [9.17, 15) is 4.79 Å². The Labute approximate surface area is 87.3 Å². The summed E-state index contributed by atoms with van der Waals surface area (Å²) in [5.74, 6) is 0.0196. The molecule has 1 atom stereocenters. The number of carbonyl (C=O) groups is 1. The van der Waals surface area contributed by atoms with Crippen molar-refractivity contribution in [1.29, 1.82) is 5.26 Å². The first kappa shape index (κ1) is 9.71. The van der Waals surface area contributed by atoms with Crippen LogP contribution in [0.2, 0.25) is 0 Å². The molecule has 15 heavy (non-hydrogen) atoms. The van der Waals surface area contributed by atoms with Crippen molar-refractivity contribution in [2.45, 2.75) is 25.8 Å². The Morgan fingerprint density at radius 3 is 3.20 bits per heavy atom. The molecule has 0 saturated carbocycles. The van der Waals surface area contributed by atoms with Crippen LogP contribution in [0.5, 0.6) is 0 Å². The van der Waals surface area contributed by atoms with E-state index in [1.54, 1.807) is 11.8 Å². The highest BCUT2D eigenvalue weighted by atomic mass is 16.3. The molecule has 0 radical (unpaired) electrons. The van der Waals surface area contributed by atoms with Crippen molar-refractivity contribution in [3.8, 4) is 6.07 Å². The van der Waals surface area contributed by atoms with Crippen molar-refractivity contribution in [1.82, 2.24) is 9.88 Å². The summed E-state index contributed by atoms with van der Waals surface area (Å²) < 4.78 is 5.02. The third-order valence-electron chi connectivity index (χ3n) is 2.60. The molecule has 0 aliphatic carbocycles. The second kappa shape index (κ2) is 3.73. The van der Waals surface area contributed by atoms with E-state index < -0.39 is 0 Å². The minimum atomic E-state index is -0.318. The highest BCUT2D eigenvalue weighted by molar-refractivity contribution is 5.93. The normalized spacial score (nSPS) is 20.3. The van der Waals surface area contributed by atoms with Crippen LogP contribution in [-0.4, -0.2) is 28.4 Å². The van der Waals surface area contributed by atoms with Gasteiger partial charge in [-0.2, -0.15) is 5.26 Å². The molecule has 2 rings (SSSR count). The summed E-state index contributed by atoms with van der Waals surface area (Å²) in [6.07, 6.45) is 2.87. The highest BCUT2D eigenvalue weighted by Crippen LogP contribution is 2.20. The largest absolute Gasteiger partial charge is 0.438 e. The molecule has 0 bridgehead atoms. The van der Waals surface area contributed by atoms with Gasteiger partial charge in [-0.3, -0.25) is 4.79 Å². The first-order valence-electron chi connectivity index (χ1n) is 4.84. The number of nitriles is 1. The van der Waals surface area contributed by atoms with Crippen LogP contribution >= 0.6 is 0 Å². The third-order valence-corrected chi connectivity index (χ3v) is 2.60. The molecule has 1 unspecified atom stereocenters. The lowest BCUT2D eigenvalue weighted by atomic mass is 10.2. The maximum atomic E-state index is 11.9. The van der Waals surface area contributed by atoms with Crippen molar-refractivity contribution >= 4 is 5.91 Å². The molecular weight excluding hydrogens is 194 g/mol. The van der Waals surface area contributed by atoms with Gasteiger partial charge in [0.2, 0.25) is 5.76 Å². The number of aromatic nitrogens is 1. The summed E-state index contributed by atoms with van der Waals surface area (Å²) in [4.78, 5) is 17.4. The zero-order valence-corrected chi connectivity index (χ0v) is 8.43. The summed E-state index contributed by atoms with van der Waals surface area (Å²) in [5.41, 5.74) is 0.573. The van der Waals surface area contributed by atoms with Crippen molar-refractivity contribution in [3.05, 3.63) is 17.8 Å². The van der Waals surface area contributed by atoms with E-state index in [0.717, 1.165) is 12.8 Å². The van der Waals surface area contributed by atoms with Crippen LogP contribution in [0.15, 0.2) is 10.8 Å². The SMILES string of the molecule is Cc1ncoc1C(=O)N1CCCC1C#N. The van der Waals surface area contributed by atoms with Gasteiger partial charge in [0.05, 0.1) is 11.8 Å². The molecule has 2 heterocycles.